The molecule has 32 heavy (non-hydrogen) atoms. The Labute approximate surface area is 209 Å². The van der Waals surface area contributed by atoms with E-state index in [1.165, 1.54) is 23.5 Å². The molecule has 166 valence electrons. The second-order valence-electron chi connectivity index (χ2n) is 7.54. The molecule has 3 nitrogen and oxygen atoms in total. The number of aromatic nitrogens is 3. The van der Waals surface area contributed by atoms with Gasteiger partial charge in [-0.05, 0) is 55.8 Å². The van der Waals surface area contributed by atoms with Crippen LogP contribution >= 0.6 is 57.9 Å². The van der Waals surface area contributed by atoms with Crippen molar-refractivity contribution in [3.05, 3.63) is 68.7 Å². The van der Waals surface area contributed by atoms with Gasteiger partial charge in [0.1, 0.15) is 11.5 Å². The van der Waals surface area contributed by atoms with E-state index in [0.717, 1.165) is 26.7 Å². The average molecular weight is 527 g/mol. The van der Waals surface area contributed by atoms with Crippen molar-refractivity contribution in [1.29, 1.82) is 0 Å². The fourth-order valence-electron chi connectivity index (χ4n) is 3.47. The number of thiazole rings is 1. The minimum Gasteiger partial charge on any atom is -0.217 e. The van der Waals surface area contributed by atoms with Gasteiger partial charge >= 0.3 is 0 Å². The summed E-state index contributed by atoms with van der Waals surface area (Å²) in [5, 5.41) is 7.26. The van der Waals surface area contributed by atoms with Crippen LogP contribution in [0, 0.1) is 19.7 Å². The first kappa shape index (κ1) is 23.6. The quantitative estimate of drug-likeness (QED) is 0.243. The third kappa shape index (κ3) is 4.70. The molecule has 4 aromatic rings. The molecule has 9 heteroatoms. The number of aryl methyl sites for hydroxylation is 1. The summed E-state index contributed by atoms with van der Waals surface area (Å²) < 4.78 is 17.4. The van der Waals surface area contributed by atoms with Crippen LogP contribution in [0.15, 0.2) is 40.6 Å². The van der Waals surface area contributed by atoms with Crippen LogP contribution in [-0.4, -0.2) is 20.0 Å². The zero-order valence-electron chi connectivity index (χ0n) is 17.7. The Morgan fingerprint density at radius 3 is 2.34 bits per heavy atom. The predicted octanol–water partition coefficient (Wildman–Crippen LogP) is 8.88. The van der Waals surface area contributed by atoms with Crippen LogP contribution in [0.2, 0.25) is 15.1 Å². The van der Waals surface area contributed by atoms with Gasteiger partial charge in [-0.25, -0.2) is 14.1 Å². The monoisotopic (exact) mass is 525 g/mol. The molecular weight excluding hydrogens is 508 g/mol. The van der Waals surface area contributed by atoms with Gasteiger partial charge in [-0.3, -0.25) is 0 Å². The zero-order chi connectivity index (χ0) is 23.2. The topological polar surface area (TPSA) is 30.7 Å². The minimum absolute atomic E-state index is 0.300. The number of rotatable bonds is 5. The van der Waals surface area contributed by atoms with Crippen LogP contribution in [-0.2, 0) is 0 Å². The SMILES string of the molecule is Cc1nn(-c2nc(-c3cc(Cl)ccc3F)c(SC(C)C)s2)c(C)c1-c1cc(Cl)cc(Cl)c1. The Balaban J connectivity index is 1.88. The fourth-order valence-corrected chi connectivity index (χ4v) is 6.68. The van der Waals surface area contributed by atoms with Crippen LogP contribution in [0.5, 0.6) is 0 Å². The van der Waals surface area contributed by atoms with Crippen molar-refractivity contribution < 1.29 is 4.39 Å². The maximum Gasteiger partial charge on any atom is 0.212 e. The summed E-state index contributed by atoms with van der Waals surface area (Å²) in [7, 11) is 0. The molecule has 2 heterocycles. The van der Waals surface area contributed by atoms with Crippen molar-refractivity contribution in [1.82, 2.24) is 14.8 Å². The highest BCUT2D eigenvalue weighted by Crippen LogP contribution is 2.42. The fraction of sp³-hybridized carbons (Fsp3) is 0.217. The van der Waals surface area contributed by atoms with Gasteiger partial charge in [-0.15, -0.1) is 11.8 Å². The summed E-state index contributed by atoms with van der Waals surface area (Å²) in [6.45, 7) is 8.09. The number of benzene rings is 2. The van der Waals surface area contributed by atoms with Gasteiger partial charge in [0.2, 0.25) is 5.13 Å². The van der Waals surface area contributed by atoms with E-state index in [4.69, 9.17) is 44.9 Å². The molecule has 0 spiro atoms. The standard InChI is InChI=1S/C23H19Cl3FN3S2/c1-11(2)31-22-21(18-10-15(24)5-6-19(18)27)28-23(32-22)30-13(4)20(12(3)29-30)14-7-16(25)9-17(26)8-14/h5-11H,1-4H3. The van der Waals surface area contributed by atoms with Crippen LogP contribution in [0.1, 0.15) is 25.2 Å². The molecule has 0 amide bonds. The molecule has 0 fully saturated rings. The summed E-state index contributed by atoms with van der Waals surface area (Å²) in [6, 6.07) is 9.94. The van der Waals surface area contributed by atoms with Crippen LogP contribution in [0.25, 0.3) is 27.5 Å². The van der Waals surface area contributed by atoms with E-state index in [9.17, 15) is 4.39 Å². The number of halogens is 4. The molecule has 0 unspecified atom stereocenters. The van der Waals surface area contributed by atoms with E-state index < -0.39 is 0 Å². The van der Waals surface area contributed by atoms with Crippen LogP contribution in [0.4, 0.5) is 4.39 Å². The summed E-state index contributed by atoms with van der Waals surface area (Å²) >= 11 is 21.7. The molecule has 0 atom stereocenters. The van der Waals surface area contributed by atoms with Gasteiger partial charge in [0.25, 0.3) is 0 Å². The maximum atomic E-state index is 14.7. The van der Waals surface area contributed by atoms with Gasteiger partial charge in [-0.1, -0.05) is 60.0 Å². The van der Waals surface area contributed by atoms with Gasteiger partial charge in [0.05, 0.1) is 15.6 Å². The largest absolute Gasteiger partial charge is 0.217 e. The second kappa shape index (κ2) is 9.35. The Hall–Kier alpha value is -1.57. The summed E-state index contributed by atoms with van der Waals surface area (Å²) in [5.74, 6) is -0.362. The third-order valence-corrected chi connectivity index (χ3v) is 7.65. The van der Waals surface area contributed by atoms with Gasteiger partial charge in [0.15, 0.2) is 0 Å². The van der Waals surface area contributed by atoms with E-state index in [2.05, 4.69) is 13.8 Å². The van der Waals surface area contributed by atoms with Crippen LogP contribution < -0.4 is 0 Å². The zero-order valence-corrected chi connectivity index (χ0v) is 21.6. The number of hydrogen-bond donors (Lipinski definition) is 0. The Morgan fingerprint density at radius 2 is 1.69 bits per heavy atom. The van der Waals surface area contributed by atoms with Gasteiger partial charge < -0.3 is 0 Å². The minimum atomic E-state index is -0.362. The van der Waals surface area contributed by atoms with Gasteiger partial charge in [-0.2, -0.15) is 5.10 Å². The predicted molar refractivity (Wildman–Crippen MR) is 136 cm³/mol. The molecule has 0 aliphatic carbocycles. The van der Waals surface area contributed by atoms with E-state index in [-0.39, 0.29) is 5.82 Å². The van der Waals surface area contributed by atoms with Crippen molar-refractivity contribution in [2.75, 3.05) is 0 Å². The number of hydrogen-bond acceptors (Lipinski definition) is 4. The lowest BCUT2D eigenvalue weighted by Crippen LogP contribution is -1.99. The lowest BCUT2D eigenvalue weighted by molar-refractivity contribution is 0.630. The van der Waals surface area contributed by atoms with E-state index in [1.807, 2.05) is 26.0 Å². The van der Waals surface area contributed by atoms with Crippen molar-refractivity contribution in [3.63, 3.8) is 0 Å². The summed E-state index contributed by atoms with van der Waals surface area (Å²) in [4.78, 5) is 4.80. The Bertz CT molecular complexity index is 1290. The molecule has 4 rings (SSSR count). The van der Waals surface area contributed by atoms with E-state index in [1.54, 1.807) is 28.6 Å². The summed E-state index contributed by atoms with van der Waals surface area (Å²) in [5.41, 5.74) is 4.50. The highest BCUT2D eigenvalue weighted by Gasteiger charge is 2.22. The molecule has 2 aromatic heterocycles. The molecule has 2 aromatic carbocycles. The lowest BCUT2D eigenvalue weighted by Gasteiger charge is -2.06. The number of nitrogens with zero attached hydrogens (tertiary/aromatic N) is 3. The first-order valence-electron chi connectivity index (χ1n) is 9.80. The third-order valence-electron chi connectivity index (χ3n) is 4.73. The molecule has 0 saturated heterocycles. The molecular formula is C23H19Cl3FN3S2. The smallest absolute Gasteiger partial charge is 0.212 e. The maximum absolute atomic E-state index is 14.7. The van der Waals surface area contributed by atoms with E-state index >= 15 is 0 Å². The first-order valence-corrected chi connectivity index (χ1v) is 12.6. The Morgan fingerprint density at radius 1 is 1.00 bits per heavy atom. The lowest BCUT2D eigenvalue weighted by atomic mass is 10.0. The van der Waals surface area contributed by atoms with Crippen LogP contribution in [0.3, 0.4) is 0 Å². The second-order valence-corrected chi connectivity index (χ2v) is 11.7. The molecule has 0 aliphatic rings. The Kier molecular flexibility index (Phi) is 6.89. The number of thioether (sulfide) groups is 1. The molecule has 0 N–H and O–H groups in total. The first-order chi connectivity index (χ1) is 15.1. The normalized spacial score (nSPS) is 11.5. The molecule has 0 aliphatic heterocycles. The highest BCUT2D eigenvalue weighted by atomic mass is 35.5. The van der Waals surface area contributed by atoms with Crippen molar-refractivity contribution in [2.24, 2.45) is 0 Å². The van der Waals surface area contributed by atoms with Crippen molar-refractivity contribution in [3.8, 4) is 27.5 Å². The molecule has 0 radical (unpaired) electrons. The average Bonchev–Trinajstić information content (AvgIpc) is 3.22. The molecule has 0 bridgehead atoms. The van der Waals surface area contributed by atoms with E-state index in [0.29, 0.717) is 36.7 Å². The molecule has 0 saturated carbocycles. The van der Waals surface area contributed by atoms with Crippen molar-refractivity contribution >= 4 is 57.9 Å². The summed E-state index contributed by atoms with van der Waals surface area (Å²) in [6.07, 6.45) is 0. The van der Waals surface area contributed by atoms with Gasteiger partial charge in [0, 0.05) is 31.4 Å². The van der Waals surface area contributed by atoms with Crippen molar-refractivity contribution in [2.45, 2.75) is 37.2 Å². The highest BCUT2D eigenvalue weighted by molar-refractivity contribution is 8.01.